The monoisotopic (exact) mass is 258 g/mol. The minimum Gasteiger partial charge on any atom is -0.294 e. The lowest BCUT2D eigenvalue weighted by Crippen LogP contribution is -2.67. The predicted octanol–water partition coefficient (Wildman–Crippen LogP) is -2.20. The molecule has 1 heterocycles. The third-order valence-electron chi connectivity index (χ3n) is 2.42. The van der Waals surface area contributed by atoms with Gasteiger partial charge in [0.25, 0.3) is 5.91 Å². The Labute approximate surface area is 104 Å². The van der Waals surface area contributed by atoms with Crippen LogP contribution in [0.2, 0.25) is 0 Å². The fourth-order valence-corrected chi connectivity index (χ4v) is 1.47. The highest BCUT2D eigenvalue weighted by atomic mass is 16.2. The Balaban J connectivity index is 2.02. The summed E-state index contributed by atoms with van der Waals surface area (Å²) in [5.41, 5.74) is 6.88. The summed E-state index contributed by atoms with van der Waals surface area (Å²) in [5, 5.41) is 5.05. The van der Waals surface area contributed by atoms with Crippen LogP contribution in [0.25, 0.3) is 0 Å². The molecule has 9 nitrogen and oxygen atoms in total. The van der Waals surface area contributed by atoms with Crippen LogP contribution >= 0.6 is 0 Å². The number of carbonyl (C=O) groups is 3. The van der Waals surface area contributed by atoms with Crippen LogP contribution in [0.4, 0.5) is 4.79 Å². The Bertz CT molecular complexity index is 321. The molecule has 0 saturated carbocycles. The van der Waals surface area contributed by atoms with Crippen molar-refractivity contribution >= 4 is 17.8 Å². The molecule has 9 heteroatoms. The fraction of sp³-hybridized carbons (Fsp3) is 0.667. The molecule has 0 radical (unpaired) electrons. The van der Waals surface area contributed by atoms with E-state index in [2.05, 4.69) is 26.9 Å². The van der Waals surface area contributed by atoms with E-state index < -0.39 is 18.1 Å². The van der Waals surface area contributed by atoms with E-state index >= 15 is 0 Å². The largest absolute Gasteiger partial charge is 0.335 e. The molecule has 0 spiro atoms. The highest BCUT2D eigenvalue weighted by Gasteiger charge is 2.24. The van der Waals surface area contributed by atoms with Gasteiger partial charge in [-0.2, -0.15) is 0 Å². The lowest BCUT2D eigenvalue weighted by Gasteiger charge is -2.24. The third-order valence-corrected chi connectivity index (χ3v) is 2.42. The van der Waals surface area contributed by atoms with E-state index in [1.165, 1.54) is 0 Å². The van der Waals surface area contributed by atoms with Crippen LogP contribution in [0.1, 0.15) is 25.7 Å². The zero-order valence-corrected chi connectivity index (χ0v) is 9.91. The molecule has 1 aliphatic heterocycles. The molecule has 102 valence electrons. The molecule has 1 aliphatic rings. The Hall–Kier alpha value is -1.71. The summed E-state index contributed by atoms with van der Waals surface area (Å²) >= 11 is 0. The van der Waals surface area contributed by atoms with Crippen LogP contribution < -0.4 is 32.8 Å². The standard InChI is InChI=1S/C9H18N6O3/c10-13-6(16)4-2-1-3-5-11-7-8(17)12-9(18)15-14-7/h7,11,14H,1-5,10H2,(H,13,16)(H2,12,15,17,18). The first kappa shape index (κ1) is 14.4. The van der Waals surface area contributed by atoms with E-state index in [0.717, 1.165) is 19.3 Å². The smallest absolute Gasteiger partial charge is 0.294 e. The van der Waals surface area contributed by atoms with Crippen molar-refractivity contribution in [2.24, 2.45) is 5.84 Å². The van der Waals surface area contributed by atoms with Crippen LogP contribution in [0.5, 0.6) is 0 Å². The second-order valence-electron chi connectivity index (χ2n) is 3.85. The summed E-state index contributed by atoms with van der Waals surface area (Å²) in [7, 11) is 0. The molecular weight excluding hydrogens is 240 g/mol. The molecule has 18 heavy (non-hydrogen) atoms. The van der Waals surface area contributed by atoms with E-state index in [9.17, 15) is 14.4 Å². The Morgan fingerprint density at radius 1 is 1.28 bits per heavy atom. The molecule has 7 N–H and O–H groups in total. The van der Waals surface area contributed by atoms with E-state index in [4.69, 9.17) is 5.84 Å². The summed E-state index contributed by atoms with van der Waals surface area (Å²) < 4.78 is 0. The van der Waals surface area contributed by atoms with E-state index in [1.54, 1.807) is 0 Å². The average molecular weight is 258 g/mol. The SMILES string of the molecule is NNC(=O)CCCCCNC1NNC(=O)NC1=O. The van der Waals surface area contributed by atoms with Gasteiger partial charge in [0.1, 0.15) is 0 Å². The Morgan fingerprint density at radius 2 is 2.06 bits per heavy atom. The number of hydrazine groups is 2. The Morgan fingerprint density at radius 3 is 2.72 bits per heavy atom. The van der Waals surface area contributed by atoms with Gasteiger partial charge in [-0.15, -0.1) is 0 Å². The number of carbonyl (C=O) groups excluding carboxylic acids is 3. The fourth-order valence-electron chi connectivity index (χ4n) is 1.47. The highest BCUT2D eigenvalue weighted by Crippen LogP contribution is 1.98. The summed E-state index contributed by atoms with van der Waals surface area (Å²) in [6, 6.07) is -0.564. The van der Waals surface area contributed by atoms with Crippen LogP contribution in [0.15, 0.2) is 0 Å². The van der Waals surface area contributed by atoms with Crippen molar-refractivity contribution in [1.82, 2.24) is 26.9 Å². The minimum absolute atomic E-state index is 0.181. The molecule has 1 rings (SSSR count). The first-order valence-electron chi connectivity index (χ1n) is 5.72. The van der Waals surface area contributed by atoms with Crippen molar-refractivity contribution < 1.29 is 14.4 Å². The summed E-state index contributed by atoms with van der Waals surface area (Å²) in [6.45, 7) is 0.602. The molecule has 0 aliphatic carbocycles. The van der Waals surface area contributed by atoms with Gasteiger partial charge < -0.3 is 0 Å². The number of hydrogen-bond donors (Lipinski definition) is 6. The number of hydrogen-bond acceptors (Lipinski definition) is 6. The molecule has 1 fully saturated rings. The number of rotatable bonds is 7. The van der Waals surface area contributed by atoms with Crippen molar-refractivity contribution in [3.63, 3.8) is 0 Å². The molecule has 0 aromatic rings. The predicted molar refractivity (Wildman–Crippen MR) is 62.4 cm³/mol. The highest BCUT2D eigenvalue weighted by molar-refractivity contribution is 5.98. The second kappa shape index (κ2) is 7.58. The van der Waals surface area contributed by atoms with E-state index in [-0.39, 0.29) is 5.91 Å². The van der Waals surface area contributed by atoms with Gasteiger partial charge in [-0.25, -0.2) is 16.1 Å². The van der Waals surface area contributed by atoms with Gasteiger partial charge in [0.05, 0.1) is 0 Å². The van der Waals surface area contributed by atoms with Crippen LogP contribution in [-0.2, 0) is 9.59 Å². The number of imide groups is 1. The minimum atomic E-state index is -0.630. The second-order valence-corrected chi connectivity index (χ2v) is 3.85. The zero-order valence-electron chi connectivity index (χ0n) is 9.91. The maximum Gasteiger partial charge on any atom is 0.335 e. The van der Waals surface area contributed by atoms with E-state index in [1.807, 2.05) is 0 Å². The first-order chi connectivity index (χ1) is 8.63. The van der Waals surface area contributed by atoms with Crippen molar-refractivity contribution in [2.75, 3.05) is 6.54 Å². The van der Waals surface area contributed by atoms with Crippen molar-refractivity contribution in [2.45, 2.75) is 31.8 Å². The van der Waals surface area contributed by atoms with Crippen LogP contribution in [-0.4, -0.2) is 30.6 Å². The first-order valence-corrected chi connectivity index (χ1v) is 5.72. The maximum atomic E-state index is 11.3. The van der Waals surface area contributed by atoms with Crippen molar-refractivity contribution in [1.29, 1.82) is 0 Å². The molecule has 0 aromatic heterocycles. The molecule has 0 aromatic carbocycles. The molecule has 4 amide bonds. The zero-order chi connectivity index (χ0) is 13.4. The van der Waals surface area contributed by atoms with Crippen molar-refractivity contribution in [3.8, 4) is 0 Å². The molecule has 1 unspecified atom stereocenters. The van der Waals surface area contributed by atoms with Crippen LogP contribution in [0, 0.1) is 0 Å². The van der Waals surface area contributed by atoms with Gasteiger partial charge in [-0.1, -0.05) is 6.42 Å². The van der Waals surface area contributed by atoms with Crippen molar-refractivity contribution in [3.05, 3.63) is 0 Å². The maximum absolute atomic E-state index is 11.3. The van der Waals surface area contributed by atoms with Gasteiger partial charge in [0, 0.05) is 6.42 Å². The molecule has 1 saturated heterocycles. The summed E-state index contributed by atoms with van der Waals surface area (Å²) in [4.78, 5) is 32.8. The summed E-state index contributed by atoms with van der Waals surface area (Å²) in [5.74, 6) is 4.34. The van der Waals surface area contributed by atoms with Gasteiger partial charge in [0.2, 0.25) is 5.91 Å². The van der Waals surface area contributed by atoms with Gasteiger partial charge in [0.15, 0.2) is 6.17 Å². The lowest BCUT2D eigenvalue weighted by atomic mass is 10.2. The summed E-state index contributed by atoms with van der Waals surface area (Å²) in [6.07, 6.45) is 2.17. The number of nitrogens with one attached hydrogen (secondary N) is 5. The quantitative estimate of drug-likeness (QED) is 0.133. The van der Waals surface area contributed by atoms with Gasteiger partial charge in [-0.05, 0) is 19.4 Å². The van der Waals surface area contributed by atoms with Gasteiger partial charge in [-0.3, -0.25) is 31.1 Å². The molecule has 0 bridgehead atoms. The van der Waals surface area contributed by atoms with Crippen LogP contribution in [0.3, 0.4) is 0 Å². The number of amides is 4. The van der Waals surface area contributed by atoms with E-state index in [0.29, 0.717) is 13.0 Å². The van der Waals surface area contributed by atoms with Gasteiger partial charge >= 0.3 is 6.03 Å². The number of urea groups is 1. The Kier molecular flexibility index (Phi) is 6.05. The topological polar surface area (TPSA) is 137 Å². The molecule has 1 atom stereocenters. The third kappa shape index (κ3) is 5.08. The lowest BCUT2D eigenvalue weighted by molar-refractivity contribution is -0.124. The normalized spacial score (nSPS) is 19.1. The number of unbranched alkanes of at least 4 members (excludes halogenated alkanes) is 2. The number of nitrogens with two attached hydrogens (primary N) is 1. The molecular formula is C9H18N6O3. The average Bonchev–Trinajstić information content (AvgIpc) is 2.35.